The third kappa shape index (κ3) is 3.24. The van der Waals surface area contributed by atoms with E-state index in [0.29, 0.717) is 32.7 Å². The molecular formula is C18H24N2O4. The Labute approximate surface area is 142 Å². The summed E-state index contributed by atoms with van der Waals surface area (Å²) in [5.74, 6) is -0.0631. The molecule has 0 bridgehead atoms. The fraction of sp³-hybridized carbons (Fsp3) is 0.556. The van der Waals surface area contributed by atoms with E-state index in [1.807, 2.05) is 37.3 Å². The highest BCUT2D eigenvalue weighted by Crippen LogP contribution is 2.40. The molecule has 1 N–H and O–H groups in total. The molecule has 1 aromatic rings. The van der Waals surface area contributed by atoms with Crippen LogP contribution in [0.5, 0.6) is 0 Å². The lowest BCUT2D eigenvalue weighted by atomic mass is 9.72. The molecule has 24 heavy (non-hydrogen) atoms. The molecular weight excluding hydrogens is 308 g/mol. The highest BCUT2D eigenvalue weighted by Gasteiger charge is 2.53. The van der Waals surface area contributed by atoms with Crippen molar-refractivity contribution >= 4 is 12.1 Å². The molecule has 0 aliphatic carbocycles. The molecule has 2 fully saturated rings. The van der Waals surface area contributed by atoms with Gasteiger partial charge in [-0.1, -0.05) is 30.3 Å². The first-order valence-electron chi connectivity index (χ1n) is 8.49. The van der Waals surface area contributed by atoms with E-state index in [4.69, 9.17) is 9.47 Å². The highest BCUT2D eigenvalue weighted by molar-refractivity contribution is 5.79. The summed E-state index contributed by atoms with van der Waals surface area (Å²) in [5.41, 5.74) is 0.470. The summed E-state index contributed by atoms with van der Waals surface area (Å²) < 4.78 is 10.7. The summed E-state index contributed by atoms with van der Waals surface area (Å²) >= 11 is 0. The van der Waals surface area contributed by atoms with Crippen LogP contribution < -0.4 is 5.32 Å². The van der Waals surface area contributed by atoms with Gasteiger partial charge in [0.1, 0.15) is 6.61 Å². The number of amides is 1. The van der Waals surface area contributed by atoms with Crippen molar-refractivity contribution < 1.29 is 19.1 Å². The van der Waals surface area contributed by atoms with Gasteiger partial charge in [0, 0.05) is 32.1 Å². The topological polar surface area (TPSA) is 67.9 Å². The van der Waals surface area contributed by atoms with Gasteiger partial charge < -0.3 is 19.7 Å². The molecule has 0 radical (unpaired) electrons. The van der Waals surface area contributed by atoms with Crippen molar-refractivity contribution in [1.82, 2.24) is 10.2 Å². The van der Waals surface area contributed by atoms with Gasteiger partial charge in [0.25, 0.3) is 0 Å². The van der Waals surface area contributed by atoms with E-state index in [1.54, 1.807) is 4.90 Å². The first-order chi connectivity index (χ1) is 11.7. The van der Waals surface area contributed by atoms with Gasteiger partial charge in [-0.2, -0.15) is 0 Å². The Kier molecular flexibility index (Phi) is 5.04. The summed E-state index contributed by atoms with van der Waals surface area (Å²) in [5, 5.41) is 3.28. The minimum Gasteiger partial charge on any atom is -0.466 e. The van der Waals surface area contributed by atoms with E-state index in [2.05, 4.69) is 5.32 Å². The number of esters is 1. The fourth-order valence-corrected chi connectivity index (χ4v) is 3.62. The van der Waals surface area contributed by atoms with Crippen LogP contribution in [-0.2, 0) is 20.9 Å². The largest absolute Gasteiger partial charge is 0.466 e. The lowest BCUT2D eigenvalue weighted by Gasteiger charge is -2.41. The maximum absolute atomic E-state index is 12.4. The van der Waals surface area contributed by atoms with E-state index in [0.717, 1.165) is 12.1 Å². The van der Waals surface area contributed by atoms with Crippen LogP contribution in [0, 0.1) is 11.3 Å². The summed E-state index contributed by atoms with van der Waals surface area (Å²) in [6, 6.07) is 9.62. The van der Waals surface area contributed by atoms with E-state index >= 15 is 0 Å². The Morgan fingerprint density at radius 3 is 2.83 bits per heavy atom. The van der Waals surface area contributed by atoms with Crippen LogP contribution in [0.1, 0.15) is 18.9 Å². The van der Waals surface area contributed by atoms with Crippen molar-refractivity contribution in [3.05, 3.63) is 35.9 Å². The van der Waals surface area contributed by atoms with Gasteiger partial charge in [-0.05, 0) is 18.9 Å². The van der Waals surface area contributed by atoms with E-state index in [1.165, 1.54) is 0 Å². The van der Waals surface area contributed by atoms with Crippen LogP contribution in [0.3, 0.4) is 0 Å². The maximum atomic E-state index is 12.4. The number of fused-ring (bicyclic) bond motifs is 1. The van der Waals surface area contributed by atoms with Crippen LogP contribution in [0.4, 0.5) is 4.79 Å². The Hall–Kier alpha value is -2.08. The Morgan fingerprint density at radius 1 is 1.29 bits per heavy atom. The molecule has 2 aliphatic heterocycles. The molecule has 2 aliphatic rings. The number of piperidine rings is 1. The molecule has 0 saturated carbocycles. The molecule has 0 aromatic heterocycles. The Morgan fingerprint density at radius 2 is 2.08 bits per heavy atom. The normalized spacial score (nSPS) is 25.9. The second kappa shape index (κ2) is 7.21. The molecule has 0 spiro atoms. The second-order valence-corrected chi connectivity index (χ2v) is 6.44. The molecule has 2 saturated heterocycles. The smallest absolute Gasteiger partial charge is 0.410 e. The van der Waals surface area contributed by atoms with Crippen LogP contribution in [0.15, 0.2) is 30.3 Å². The maximum Gasteiger partial charge on any atom is 0.410 e. The van der Waals surface area contributed by atoms with Crippen molar-refractivity contribution in [2.24, 2.45) is 11.3 Å². The number of nitrogens with zero attached hydrogens (tertiary/aromatic N) is 1. The lowest BCUT2D eigenvalue weighted by Crippen LogP contribution is -2.53. The zero-order valence-electron chi connectivity index (χ0n) is 14.0. The van der Waals surface area contributed by atoms with Crippen LogP contribution in [0.25, 0.3) is 0 Å². The second-order valence-electron chi connectivity index (χ2n) is 6.44. The molecule has 6 nitrogen and oxygen atoms in total. The van der Waals surface area contributed by atoms with E-state index < -0.39 is 5.41 Å². The predicted octanol–water partition coefficient (Wildman–Crippen LogP) is 1.80. The van der Waals surface area contributed by atoms with Crippen LogP contribution in [-0.4, -0.2) is 49.7 Å². The van der Waals surface area contributed by atoms with Gasteiger partial charge in [0.15, 0.2) is 0 Å². The average Bonchev–Trinajstić information content (AvgIpc) is 3.05. The monoisotopic (exact) mass is 332 g/mol. The minimum atomic E-state index is -0.494. The number of rotatable bonds is 4. The number of ether oxygens (including phenoxy) is 2. The molecule has 3 rings (SSSR count). The van der Waals surface area contributed by atoms with Gasteiger partial charge in [0.2, 0.25) is 0 Å². The standard InChI is InChI=1S/C18H24N2O4/c1-2-23-16(21)18-8-9-20(11-15(18)10-19-13-18)17(22)24-12-14-6-4-3-5-7-14/h3-7,15,19H,2,8-13H2,1H3/t15-,18+/m0/s1. The Balaban J connectivity index is 1.58. The third-order valence-electron chi connectivity index (χ3n) is 5.03. The number of carbonyl (C=O) groups excluding carboxylic acids is 2. The summed E-state index contributed by atoms with van der Waals surface area (Å²) in [6.07, 6.45) is 0.299. The van der Waals surface area contributed by atoms with Gasteiger partial charge in [-0.15, -0.1) is 0 Å². The van der Waals surface area contributed by atoms with Crippen molar-refractivity contribution in [3.8, 4) is 0 Å². The number of hydrogen-bond acceptors (Lipinski definition) is 5. The number of hydrogen-bond donors (Lipinski definition) is 1. The number of benzene rings is 1. The Bertz CT molecular complexity index is 592. The van der Waals surface area contributed by atoms with Gasteiger partial charge in [-0.25, -0.2) is 4.79 Å². The molecule has 1 amide bonds. The van der Waals surface area contributed by atoms with Crippen molar-refractivity contribution in [2.45, 2.75) is 20.0 Å². The van der Waals surface area contributed by atoms with Crippen molar-refractivity contribution in [2.75, 3.05) is 32.8 Å². The zero-order chi connectivity index (χ0) is 17.0. The average molecular weight is 332 g/mol. The number of likely N-dealkylation sites (tertiary alicyclic amines) is 1. The SMILES string of the molecule is CCOC(=O)[C@@]12CCN(C(=O)OCc3ccccc3)C[C@@H]1CNC2. The number of carbonyl (C=O) groups is 2. The molecule has 2 atom stereocenters. The molecule has 6 heteroatoms. The summed E-state index contributed by atoms with van der Waals surface area (Å²) in [4.78, 5) is 26.4. The minimum absolute atomic E-state index is 0.0783. The van der Waals surface area contributed by atoms with E-state index in [-0.39, 0.29) is 24.6 Å². The molecule has 1 aromatic carbocycles. The highest BCUT2D eigenvalue weighted by atomic mass is 16.6. The first kappa shape index (κ1) is 16.8. The van der Waals surface area contributed by atoms with E-state index in [9.17, 15) is 9.59 Å². The first-order valence-corrected chi connectivity index (χ1v) is 8.49. The van der Waals surface area contributed by atoms with Crippen LogP contribution in [0.2, 0.25) is 0 Å². The van der Waals surface area contributed by atoms with Crippen molar-refractivity contribution in [1.29, 1.82) is 0 Å². The molecule has 0 unspecified atom stereocenters. The zero-order valence-corrected chi connectivity index (χ0v) is 14.0. The summed E-state index contributed by atoms with van der Waals surface area (Å²) in [7, 11) is 0. The predicted molar refractivity (Wildman–Crippen MR) is 88.2 cm³/mol. The number of nitrogens with one attached hydrogen (secondary N) is 1. The van der Waals surface area contributed by atoms with Crippen molar-refractivity contribution in [3.63, 3.8) is 0 Å². The fourth-order valence-electron chi connectivity index (χ4n) is 3.62. The summed E-state index contributed by atoms with van der Waals surface area (Å²) in [6.45, 7) is 4.87. The lowest BCUT2D eigenvalue weighted by molar-refractivity contribution is -0.159. The quantitative estimate of drug-likeness (QED) is 0.852. The molecule has 130 valence electrons. The van der Waals surface area contributed by atoms with Gasteiger partial charge in [-0.3, -0.25) is 4.79 Å². The third-order valence-corrected chi connectivity index (χ3v) is 5.03. The van der Waals surface area contributed by atoms with Gasteiger partial charge in [0.05, 0.1) is 12.0 Å². The van der Waals surface area contributed by atoms with Crippen LogP contribution >= 0.6 is 0 Å². The van der Waals surface area contributed by atoms with Gasteiger partial charge >= 0.3 is 12.1 Å². The molecule has 2 heterocycles.